The van der Waals surface area contributed by atoms with E-state index in [9.17, 15) is 14.4 Å². The van der Waals surface area contributed by atoms with E-state index >= 15 is 0 Å². The van der Waals surface area contributed by atoms with Gasteiger partial charge >= 0.3 is 0 Å². The summed E-state index contributed by atoms with van der Waals surface area (Å²) in [6, 6.07) is 13.2. The summed E-state index contributed by atoms with van der Waals surface area (Å²) in [5, 5.41) is 3.55. The van der Waals surface area contributed by atoms with Crippen molar-refractivity contribution in [2.75, 3.05) is 4.90 Å². The highest BCUT2D eigenvalue weighted by molar-refractivity contribution is 7.20. The van der Waals surface area contributed by atoms with Crippen LogP contribution in [-0.2, 0) is 9.59 Å². The smallest absolute Gasteiger partial charge is 0.277 e. The van der Waals surface area contributed by atoms with Crippen LogP contribution in [0.4, 0.5) is 5.69 Å². The number of imide groups is 1. The number of hydrogen-bond acceptors (Lipinski definition) is 5. The topological polar surface area (TPSA) is 88.1 Å². The van der Waals surface area contributed by atoms with Crippen molar-refractivity contribution >= 4 is 39.1 Å². The van der Waals surface area contributed by atoms with E-state index in [4.69, 9.17) is 0 Å². The number of aryl methyl sites for hydroxylation is 3. The number of carbonyl (C=O) groups is 2. The molecule has 2 aromatic heterocycles. The van der Waals surface area contributed by atoms with Gasteiger partial charge in [-0.2, -0.15) is 4.68 Å². The molecule has 3 heterocycles. The molecule has 5 rings (SSSR count). The molecule has 1 aliphatic heterocycles. The van der Waals surface area contributed by atoms with Gasteiger partial charge in [-0.05, 0) is 44.5 Å². The third-order valence-electron chi connectivity index (χ3n) is 5.68. The van der Waals surface area contributed by atoms with Gasteiger partial charge in [-0.25, -0.2) is 9.88 Å². The van der Waals surface area contributed by atoms with Crippen LogP contribution in [0.25, 0.3) is 15.3 Å². The van der Waals surface area contributed by atoms with Crippen molar-refractivity contribution in [2.24, 2.45) is 0 Å². The van der Waals surface area contributed by atoms with Crippen molar-refractivity contribution in [3.8, 4) is 5.13 Å². The molecule has 0 bridgehead atoms. The van der Waals surface area contributed by atoms with E-state index < -0.39 is 5.92 Å². The molecule has 1 atom stereocenters. The van der Waals surface area contributed by atoms with Crippen LogP contribution >= 0.6 is 11.3 Å². The molecule has 0 saturated carbocycles. The van der Waals surface area contributed by atoms with Gasteiger partial charge < -0.3 is 0 Å². The molecule has 2 aromatic carbocycles. The van der Waals surface area contributed by atoms with Crippen molar-refractivity contribution in [1.29, 1.82) is 0 Å². The zero-order valence-electron chi connectivity index (χ0n) is 17.3. The van der Waals surface area contributed by atoms with Crippen LogP contribution in [0.3, 0.4) is 0 Å². The quantitative estimate of drug-likeness (QED) is 0.500. The van der Waals surface area contributed by atoms with Crippen LogP contribution in [0.1, 0.15) is 34.7 Å². The van der Waals surface area contributed by atoms with Crippen molar-refractivity contribution < 1.29 is 9.59 Å². The number of rotatable bonds is 3. The van der Waals surface area contributed by atoms with Gasteiger partial charge in [0.25, 0.3) is 5.56 Å². The van der Waals surface area contributed by atoms with E-state index in [1.807, 2.05) is 50.2 Å². The third-order valence-corrected chi connectivity index (χ3v) is 6.70. The maximum Gasteiger partial charge on any atom is 0.277 e. The van der Waals surface area contributed by atoms with Gasteiger partial charge in [0.2, 0.25) is 16.9 Å². The number of fused-ring (bicyclic) bond motifs is 1. The average Bonchev–Trinajstić information content (AvgIpc) is 3.36. The Labute approximate surface area is 181 Å². The number of amides is 2. The highest BCUT2D eigenvalue weighted by Crippen LogP contribution is 2.35. The number of thiazole rings is 1. The van der Waals surface area contributed by atoms with E-state index in [2.05, 4.69) is 10.1 Å². The first kappa shape index (κ1) is 19.4. The standard InChI is InChI=1S/C23H20N4O3S/c1-12-8-9-17(13(2)10-12)26-19(28)11-15(21(26)29)20-14(3)25-27(22(20)30)23-24-16-6-4-5-7-18(16)31-23/h4-10,15,25H,11H2,1-3H3. The lowest BCUT2D eigenvalue weighted by molar-refractivity contribution is -0.121. The fourth-order valence-electron chi connectivity index (χ4n) is 4.23. The lowest BCUT2D eigenvalue weighted by Crippen LogP contribution is -2.31. The summed E-state index contributed by atoms with van der Waals surface area (Å²) in [6.45, 7) is 5.58. The molecule has 4 aromatic rings. The summed E-state index contributed by atoms with van der Waals surface area (Å²) >= 11 is 1.39. The minimum absolute atomic E-state index is 0.0278. The number of H-pyrrole nitrogens is 1. The van der Waals surface area contributed by atoms with Crippen molar-refractivity contribution in [3.63, 3.8) is 0 Å². The van der Waals surface area contributed by atoms with Crippen LogP contribution in [-0.4, -0.2) is 26.6 Å². The molecule has 1 N–H and O–H groups in total. The first-order valence-electron chi connectivity index (χ1n) is 9.96. The van der Waals surface area contributed by atoms with Crippen LogP contribution < -0.4 is 10.5 Å². The van der Waals surface area contributed by atoms with E-state index in [1.54, 1.807) is 13.0 Å². The summed E-state index contributed by atoms with van der Waals surface area (Å²) in [7, 11) is 0. The highest BCUT2D eigenvalue weighted by atomic mass is 32.1. The number of aromatic nitrogens is 3. The molecule has 0 spiro atoms. The molecular formula is C23H20N4O3S. The lowest BCUT2D eigenvalue weighted by atomic mass is 9.98. The largest absolute Gasteiger partial charge is 0.293 e. The Morgan fingerprint density at radius 2 is 1.84 bits per heavy atom. The van der Waals surface area contributed by atoms with Gasteiger partial charge in [-0.15, -0.1) is 0 Å². The zero-order chi connectivity index (χ0) is 21.9. The fourth-order valence-corrected chi connectivity index (χ4v) is 5.15. The summed E-state index contributed by atoms with van der Waals surface area (Å²) in [4.78, 5) is 45.1. The number of benzene rings is 2. The molecule has 7 nitrogen and oxygen atoms in total. The fraction of sp³-hybridized carbons (Fsp3) is 0.217. The predicted molar refractivity (Wildman–Crippen MR) is 120 cm³/mol. The van der Waals surface area contributed by atoms with Gasteiger partial charge in [-0.1, -0.05) is 41.2 Å². The van der Waals surface area contributed by atoms with Crippen LogP contribution in [0, 0.1) is 20.8 Å². The van der Waals surface area contributed by atoms with Gasteiger partial charge in [0.1, 0.15) is 0 Å². The Morgan fingerprint density at radius 1 is 1.06 bits per heavy atom. The molecule has 8 heteroatoms. The normalized spacial score (nSPS) is 16.6. The Bertz CT molecular complexity index is 1400. The molecule has 1 saturated heterocycles. The second kappa shape index (κ2) is 7.02. The predicted octanol–water partition coefficient (Wildman–Crippen LogP) is 3.75. The Balaban J connectivity index is 1.56. The van der Waals surface area contributed by atoms with Crippen LogP contribution in [0.5, 0.6) is 0 Å². The molecule has 0 radical (unpaired) electrons. The summed E-state index contributed by atoms with van der Waals surface area (Å²) in [5.74, 6) is -1.48. The molecular weight excluding hydrogens is 412 g/mol. The highest BCUT2D eigenvalue weighted by Gasteiger charge is 2.43. The number of hydrogen-bond donors (Lipinski definition) is 1. The number of carbonyl (C=O) groups excluding carboxylic acids is 2. The van der Waals surface area contributed by atoms with E-state index in [-0.39, 0.29) is 23.8 Å². The van der Waals surface area contributed by atoms with Crippen molar-refractivity contribution in [1.82, 2.24) is 14.8 Å². The number of para-hydroxylation sites is 1. The van der Waals surface area contributed by atoms with Gasteiger partial charge in [0.15, 0.2) is 0 Å². The molecule has 1 unspecified atom stereocenters. The average molecular weight is 433 g/mol. The van der Waals surface area contributed by atoms with E-state index in [0.29, 0.717) is 22.1 Å². The second-order valence-electron chi connectivity index (χ2n) is 7.87. The molecule has 156 valence electrons. The molecule has 31 heavy (non-hydrogen) atoms. The minimum atomic E-state index is -0.812. The maximum absolute atomic E-state index is 13.3. The first-order valence-corrected chi connectivity index (χ1v) is 10.8. The zero-order valence-corrected chi connectivity index (χ0v) is 18.1. The molecule has 1 aliphatic rings. The lowest BCUT2D eigenvalue weighted by Gasteiger charge is -2.17. The maximum atomic E-state index is 13.3. The summed E-state index contributed by atoms with van der Waals surface area (Å²) in [5.41, 5.74) is 3.82. The van der Waals surface area contributed by atoms with Crippen molar-refractivity contribution in [3.05, 3.63) is 75.2 Å². The number of nitrogens with zero attached hydrogens (tertiary/aromatic N) is 3. The summed E-state index contributed by atoms with van der Waals surface area (Å²) in [6.07, 6.45) is -0.0278. The van der Waals surface area contributed by atoms with Crippen molar-refractivity contribution in [2.45, 2.75) is 33.1 Å². The second-order valence-corrected chi connectivity index (χ2v) is 8.88. The molecule has 1 fully saturated rings. The Kier molecular flexibility index (Phi) is 4.40. The van der Waals surface area contributed by atoms with Gasteiger partial charge in [-0.3, -0.25) is 19.5 Å². The SMILES string of the molecule is Cc1ccc(N2C(=O)CC(c3c(C)[nH]n(-c4nc5ccccc5s4)c3=O)C2=O)c(C)c1. The minimum Gasteiger partial charge on any atom is -0.293 e. The summed E-state index contributed by atoms with van der Waals surface area (Å²) < 4.78 is 2.33. The van der Waals surface area contributed by atoms with Crippen LogP contribution in [0.15, 0.2) is 47.3 Å². The van der Waals surface area contributed by atoms with Gasteiger partial charge in [0.05, 0.1) is 27.4 Å². The Morgan fingerprint density at radius 3 is 2.58 bits per heavy atom. The van der Waals surface area contributed by atoms with Gasteiger partial charge in [0, 0.05) is 12.1 Å². The molecule has 2 amide bonds. The third kappa shape index (κ3) is 3.02. The van der Waals surface area contributed by atoms with E-state index in [0.717, 1.165) is 21.3 Å². The monoisotopic (exact) mass is 432 g/mol. The number of aromatic amines is 1. The number of anilines is 1. The van der Waals surface area contributed by atoms with E-state index in [1.165, 1.54) is 20.9 Å². The first-order chi connectivity index (χ1) is 14.8. The number of nitrogens with one attached hydrogen (secondary N) is 1. The Hall–Kier alpha value is -3.52. The molecule has 0 aliphatic carbocycles. The van der Waals surface area contributed by atoms with Crippen LogP contribution in [0.2, 0.25) is 0 Å².